The molecule has 8 heteroatoms. The van der Waals surface area contributed by atoms with E-state index in [0.717, 1.165) is 77.5 Å². The van der Waals surface area contributed by atoms with Gasteiger partial charge in [-0.25, -0.2) is 0 Å². The van der Waals surface area contributed by atoms with Crippen LogP contribution >= 0.6 is 45.1 Å². The van der Waals surface area contributed by atoms with E-state index >= 15 is 0 Å². The lowest BCUT2D eigenvalue weighted by Crippen LogP contribution is -3.00. The molecule has 4 rings (SSSR count). The summed E-state index contributed by atoms with van der Waals surface area (Å²) < 4.78 is 11.4. The van der Waals surface area contributed by atoms with Crippen LogP contribution in [-0.2, 0) is 0 Å². The van der Waals surface area contributed by atoms with Gasteiger partial charge in [-0.2, -0.15) is 18.7 Å². The van der Waals surface area contributed by atoms with Crippen molar-refractivity contribution in [3.63, 3.8) is 0 Å². The average molecular weight is 1000 g/mol. The van der Waals surface area contributed by atoms with Gasteiger partial charge in [0.1, 0.15) is 0 Å². The summed E-state index contributed by atoms with van der Waals surface area (Å²) in [5.41, 5.74) is 5.19. The van der Waals surface area contributed by atoms with Crippen molar-refractivity contribution in [1.29, 1.82) is 0 Å². The summed E-state index contributed by atoms with van der Waals surface area (Å²) in [4.78, 5) is 0. The second-order valence-electron chi connectivity index (χ2n) is 11.8. The Morgan fingerprint density at radius 1 is 0.375 bits per heavy atom. The Kier molecular flexibility index (Phi) is 22.1. The highest BCUT2D eigenvalue weighted by atomic mass is 128. The maximum absolute atomic E-state index is 2.85. The molecule has 0 saturated heterocycles. The first-order valence-electron chi connectivity index (χ1n) is 17.6. The maximum Gasteiger partial charge on any atom is 0.405 e. The summed E-state index contributed by atoms with van der Waals surface area (Å²) in [6.07, 6.45) is 9.07. The van der Waals surface area contributed by atoms with Crippen molar-refractivity contribution in [3.05, 3.63) is 121 Å². The number of unbranched alkanes of at least 4 members (excludes halogenated alkanes) is 4. The predicted molar refractivity (Wildman–Crippen MR) is 230 cm³/mol. The van der Waals surface area contributed by atoms with Crippen molar-refractivity contribution in [2.24, 2.45) is 0 Å². The lowest BCUT2D eigenvalue weighted by molar-refractivity contribution is -0.00000939. The summed E-state index contributed by atoms with van der Waals surface area (Å²) in [7, 11) is -2.61. The molecule has 4 aromatic rings. The largest absolute Gasteiger partial charge is 1.00 e. The minimum absolute atomic E-state index is 0. The van der Waals surface area contributed by atoms with Crippen LogP contribution < -0.4 is 42.7 Å². The highest BCUT2D eigenvalue weighted by molar-refractivity contribution is 15.0. The van der Waals surface area contributed by atoms with Crippen molar-refractivity contribution in [2.75, 3.05) is 44.9 Å². The molecule has 4 aromatic carbocycles. The Hall–Kier alpha value is -1.30. The van der Waals surface area contributed by atoms with Crippen molar-refractivity contribution >= 4 is 67.8 Å². The number of halogens is 3. The van der Waals surface area contributed by atoms with Gasteiger partial charge in [0.15, 0.2) is 0 Å². The molecule has 48 heavy (non-hydrogen) atoms. The SMILES string of the molecule is CCCCN(c1ccccc1)[P+](N(CCCC)c1ccccc1)(N(CCCC)c1ccccc1)N(CCCC)c1ccccc1.II.[I-]. The Labute approximate surface area is 334 Å². The zero-order chi connectivity index (χ0) is 33.7. The number of hydrogen-bond acceptors (Lipinski definition) is 4. The number of anilines is 4. The molecule has 0 aliphatic carbocycles. The summed E-state index contributed by atoms with van der Waals surface area (Å²) in [6, 6.07) is 45.2. The fourth-order valence-electron chi connectivity index (χ4n) is 6.09. The number of hydrogen-bond donors (Lipinski definition) is 0. The van der Waals surface area contributed by atoms with Crippen LogP contribution in [0.1, 0.15) is 79.1 Å². The molecule has 0 aliphatic heterocycles. The molecule has 0 saturated carbocycles. The first kappa shape index (κ1) is 42.9. The molecule has 262 valence electrons. The van der Waals surface area contributed by atoms with Gasteiger partial charge in [-0.1, -0.05) is 126 Å². The second kappa shape index (κ2) is 24.8. The third-order valence-electron chi connectivity index (χ3n) is 8.41. The van der Waals surface area contributed by atoms with Gasteiger partial charge in [0, 0.05) is 37.2 Å². The molecule has 0 atom stereocenters. The smallest absolute Gasteiger partial charge is 0.405 e. The molecule has 0 amide bonds. The number of benzene rings is 4. The van der Waals surface area contributed by atoms with Crippen LogP contribution in [0.5, 0.6) is 0 Å². The number of para-hydroxylation sites is 4. The number of rotatable bonds is 20. The molecule has 0 heterocycles. The molecular formula is C40H56I3N4P. The second-order valence-corrected chi connectivity index (χ2v) is 14.8. The van der Waals surface area contributed by atoms with E-state index in [-0.39, 0.29) is 24.0 Å². The lowest BCUT2D eigenvalue weighted by Gasteiger charge is -2.53. The molecule has 0 N–H and O–H groups in total. The molecular weight excluding hydrogens is 948 g/mol. The Morgan fingerprint density at radius 2 is 0.562 bits per heavy atom. The van der Waals surface area contributed by atoms with Gasteiger partial charge in [0.05, 0.1) is 48.9 Å². The van der Waals surface area contributed by atoms with Crippen molar-refractivity contribution in [3.8, 4) is 0 Å². The van der Waals surface area contributed by atoms with Crippen molar-refractivity contribution in [1.82, 2.24) is 0 Å². The minimum Gasteiger partial charge on any atom is -1.00 e. The normalized spacial score (nSPS) is 10.7. The topological polar surface area (TPSA) is 13.0 Å². The van der Waals surface area contributed by atoms with Crippen LogP contribution in [0.25, 0.3) is 0 Å². The van der Waals surface area contributed by atoms with Gasteiger partial charge in [-0.05, 0) is 74.2 Å². The first-order valence-corrected chi connectivity index (χ1v) is 25.5. The monoisotopic (exact) mass is 1000 g/mol. The minimum atomic E-state index is -2.61. The standard InChI is InChI=1S/C40H56N4P.I2.HI/c1-5-9-33-41(37-25-17-13-18-26-37)45(42(34-10-6-2)38-27-19-14-20-28-38,43(35-11-7-3)39-29-21-15-22-30-39)44(36-12-8-4)40-31-23-16-24-32-40;1-2;/h13-32H,5-12,33-36H2,1-4H3;;1H/q+1;;/p-1. The summed E-state index contributed by atoms with van der Waals surface area (Å²) >= 11 is 4.24. The van der Waals surface area contributed by atoms with Gasteiger partial charge in [0.2, 0.25) is 0 Å². The first-order chi connectivity index (χ1) is 23.2. The maximum atomic E-state index is 2.85. The molecule has 0 radical (unpaired) electrons. The third kappa shape index (κ3) is 11.4. The fourth-order valence-corrected chi connectivity index (χ4v) is 11.1. The van der Waals surface area contributed by atoms with Crippen LogP contribution in [0.4, 0.5) is 22.7 Å². The Morgan fingerprint density at radius 3 is 0.729 bits per heavy atom. The van der Waals surface area contributed by atoms with E-state index in [9.17, 15) is 0 Å². The van der Waals surface area contributed by atoms with Crippen LogP contribution in [0.2, 0.25) is 0 Å². The van der Waals surface area contributed by atoms with Gasteiger partial charge in [-0.15, -0.1) is 0 Å². The molecule has 0 fully saturated rings. The summed E-state index contributed by atoms with van der Waals surface area (Å²) in [5, 5.41) is 0. The lowest BCUT2D eigenvalue weighted by atomic mass is 10.3. The molecule has 0 aliphatic rings. The van der Waals surface area contributed by atoms with Crippen LogP contribution in [0.15, 0.2) is 121 Å². The molecule has 0 aromatic heterocycles. The molecule has 0 spiro atoms. The van der Waals surface area contributed by atoms with E-state index in [1.165, 1.54) is 22.7 Å². The Bertz CT molecular complexity index is 1120. The molecule has 0 bridgehead atoms. The van der Waals surface area contributed by atoms with Gasteiger partial charge >= 0.3 is 7.87 Å². The van der Waals surface area contributed by atoms with Gasteiger partial charge < -0.3 is 24.0 Å². The highest BCUT2D eigenvalue weighted by Gasteiger charge is 2.63. The van der Waals surface area contributed by atoms with E-state index in [2.05, 4.69) is 205 Å². The van der Waals surface area contributed by atoms with Crippen LogP contribution in [0.3, 0.4) is 0 Å². The zero-order valence-corrected chi connectivity index (χ0v) is 36.8. The van der Waals surface area contributed by atoms with E-state index in [1.54, 1.807) is 0 Å². The quantitative estimate of drug-likeness (QED) is 0.0646. The van der Waals surface area contributed by atoms with E-state index in [4.69, 9.17) is 0 Å². The van der Waals surface area contributed by atoms with Crippen LogP contribution in [0, 0.1) is 0 Å². The average Bonchev–Trinajstić information content (AvgIpc) is 3.14. The van der Waals surface area contributed by atoms with Crippen LogP contribution in [-0.4, -0.2) is 26.2 Å². The molecule has 0 unspecified atom stereocenters. The number of nitrogens with zero attached hydrogens (tertiary/aromatic N) is 4. The highest BCUT2D eigenvalue weighted by Crippen LogP contribution is 2.73. The van der Waals surface area contributed by atoms with Crippen molar-refractivity contribution in [2.45, 2.75) is 79.1 Å². The predicted octanol–water partition coefficient (Wildman–Crippen LogP) is 10.7. The third-order valence-corrected chi connectivity index (χ3v) is 12.7. The van der Waals surface area contributed by atoms with Gasteiger partial charge in [0.25, 0.3) is 0 Å². The molecule has 4 nitrogen and oxygen atoms in total. The van der Waals surface area contributed by atoms with Crippen molar-refractivity contribution < 1.29 is 24.0 Å². The summed E-state index contributed by atoms with van der Waals surface area (Å²) in [5.74, 6) is 0. The summed E-state index contributed by atoms with van der Waals surface area (Å²) in [6.45, 7) is 13.2. The Balaban J connectivity index is 0.00000262. The van der Waals surface area contributed by atoms with E-state index in [1.807, 2.05) is 0 Å². The van der Waals surface area contributed by atoms with E-state index < -0.39 is 7.87 Å². The van der Waals surface area contributed by atoms with Gasteiger partial charge in [-0.3, -0.25) is 0 Å². The zero-order valence-electron chi connectivity index (χ0n) is 29.4. The fraction of sp³-hybridized carbons (Fsp3) is 0.400. The van der Waals surface area contributed by atoms with E-state index in [0.29, 0.717) is 0 Å².